The maximum absolute atomic E-state index is 10.7. The molecule has 1 saturated heterocycles. The molecule has 5 nitrogen and oxygen atoms in total. The third-order valence-electron chi connectivity index (χ3n) is 7.19. The van der Waals surface area contributed by atoms with Gasteiger partial charge < -0.3 is 19.6 Å². The van der Waals surface area contributed by atoms with Crippen molar-refractivity contribution in [2.24, 2.45) is 0 Å². The van der Waals surface area contributed by atoms with Gasteiger partial charge in [-0.2, -0.15) is 0 Å². The van der Waals surface area contributed by atoms with Crippen LogP contribution < -0.4 is 9.47 Å². The average molecular weight is 459 g/mol. The van der Waals surface area contributed by atoms with E-state index >= 15 is 0 Å². The van der Waals surface area contributed by atoms with E-state index in [4.69, 9.17) is 9.47 Å². The second-order valence-corrected chi connectivity index (χ2v) is 9.67. The van der Waals surface area contributed by atoms with E-state index in [1.54, 1.807) is 7.11 Å². The number of fused-ring (bicyclic) bond motifs is 2. The van der Waals surface area contributed by atoms with Crippen LogP contribution >= 0.6 is 0 Å². The summed E-state index contributed by atoms with van der Waals surface area (Å²) >= 11 is 0. The molecule has 0 spiro atoms. The minimum atomic E-state index is -0.523. The number of H-pyrrole nitrogens is 1. The second-order valence-electron chi connectivity index (χ2n) is 9.67. The van der Waals surface area contributed by atoms with Gasteiger partial charge in [0, 0.05) is 29.2 Å². The highest BCUT2D eigenvalue weighted by molar-refractivity contribution is 5.86. The van der Waals surface area contributed by atoms with E-state index in [-0.39, 0.29) is 0 Å². The number of piperidine rings is 1. The topological polar surface area (TPSA) is 57.7 Å². The Morgan fingerprint density at radius 2 is 1.91 bits per heavy atom. The molecule has 4 aromatic rings. The first-order valence-electron chi connectivity index (χ1n) is 12.2. The lowest BCUT2D eigenvalue weighted by Crippen LogP contribution is -2.45. The molecule has 0 saturated carbocycles. The van der Waals surface area contributed by atoms with Gasteiger partial charge in [0.2, 0.25) is 0 Å². The molecule has 2 heterocycles. The summed E-state index contributed by atoms with van der Waals surface area (Å²) in [5, 5.41) is 14.3. The number of methoxy groups -OCH3 is 1. The number of nitrogens with zero attached hydrogens (tertiary/aromatic N) is 1. The molecule has 1 aromatic heterocycles. The number of hydrogen-bond donors (Lipinski definition) is 2. The highest BCUT2D eigenvalue weighted by Crippen LogP contribution is 2.34. The predicted octanol–water partition coefficient (Wildman–Crippen LogP) is 5.65. The number of aromatic nitrogens is 1. The predicted molar refractivity (Wildman–Crippen MR) is 138 cm³/mol. The van der Waals surface area contributed by atoms with Crippen molar-refractivity contribution in [3.63, 3.8) is 0 Å². The molecule has 5 rings (SSSR count). The molecule has 1 unspecified atom stereocenters. The molecule has 1 aliphatic rings. The van der Waals surface area contributed by atoms with Gasteiger partial charge in [-0.15, -0.1) is 0 Å². The molecule has 2 N–H and O–H groups in total. The Kier molecular flexibility index (Phi) is 6.48. The molecule has 1 fully saturated rings. The summed E-state index contributed by atoms with van der Waals surface area (Å²) in [5.41, 5.74) is 3.57. The van der Waals surface area contributed by atoms with Crippen LogP contribution in [0, 0.1) is 6.92 Å². The number of ether oxygens (including phenoxy) is 2. The highest BCUT2D eigenvalue weighted by Gasteiger charge is 2.28. The fourth-order valence-corrected chi connectivity index (χ4v) is 5.32. The molecule has 0 aliphatic carbocycles. The molecule has 34 heavy (non-hydrogen) atoms. The lowest BCUT2D eigenvalue weighted by molar-refractivity contribution is 0.0406. The van der Waals surface area contributed by atoms with Crippen molar-refractivity contribution in [2.45, 2.75) is 44.8 Å². The van der Waals surface area contributed by atoms with Crippen molar-refractivity contribution in [1.82, 2.24) is 9.88 Å². The highest BCUT2D eigenvalue weighted by atomic mass is 16.5. The van der Waals surface area contributed by atoms with Gasteiger partial charge in [-0.05, 0) is 85.8 Å². The zero-order valence-corrected chi connectivity index (χ0v) is 20.3. The Bertz CT molecular complexity index is 1280. The maximum atomic E-state index is 10.7. The van der Waals surface area contributed by atoms with Crippen LogP contribution in [0.5, 0.6) is 11.5 Å². The smallest absolute Gasteiger partial charge is 0.128 e. The Balaban J connectivity index is 1.17. The summed E-state index contributed by atoms with van der Waals surface area (Å²) in [4.78, 5) is 5.73. The number of hydrogen-bond acceptors (Lipinski definition) is 4. The molecule has 5 heteroatoms. The largest absolute Gasteiger partial charge is 0.497 e. The maximum Gasteiger partial charge on any atom is 0.128 e. The van der Waals surface area contributed by atoms with Gasteiger partial charge in [-0.3, -0.25) is 4.90 Å². The zero-order valence-electron chi connectivity index (χ0n) is 20.3. The summed E-state index contributed by atoms with van der Waals surface area (Å²) in [7, 11) is 1.71. The van der Waals surface area contributed by atoms with Crippen LogP contribution in [0.2, 0.25) is 0 Å². The molecule has 3 aromatic carbocycles. The number of aryl methyl sites for hydroxylation is 1. The first-order valence-corrected chi connectivity index (χ1v) is 12.2. The van der Waals surface area contributed by atoms with E-state index in [0.717, 1.165) is 47.5 Å². The van der Waals surface area contributed by atoms with Gasteiger partial charge in [0.05, 0.1) is 7.11 Å². The minimum absolute atomic E-state index is 0.296. The fraction of sp³-hybridized carbons (Fsp3) is 0.379. The molecule has 0 bridgehead atoms. The van der Waals surface area contributed by atoms with Crippen LogP contribution in [0.25, 0.3) is 21.7 Å². The summed E-state index contributed by atoms with van der Waals surface area (Å²) in [6.07, 6.45) is 1.67. The summed E-state index contributed by atoms with van der Waals surface area (Å²) in [6.45, 7) is 6.22. The lowest BCUT2D eigenvalue weighted by Gasteiger charge is -2.39. The van der Waals surface area contributed by atoms with Gasteiger partial charge >= 0.3 is 0 Å². The molecule has 0 radical (unpaired) electrons. The Morgan fingerprint density at radius 1 is 1.09 bits per heavy atom. The number of aliphatic hydroxyl groups is 1. The van der Waals surface area contributed by atoms with Crippen LogP contribution in [-0.4, -0.2) is 53.9 Å². The van der Waals surface area contributed by atoms with Gasteiger partial charge in [-0.1, -0.05) is 30.3 Å². The van der Waals surface area contributed by atoms with Gasteiger partial charge in [0.25, 0.3) is 0 Å². The van der Waals surface area contributed by atoms with Crippen molar-refractivity contribution in [1.29, 1.82) is 0 Å². The number of rotatable bonds is 7. The third kappa shape index (κ3) is 4.77. The Labute approximate surface area is 201 Å². The fourth-order valence-electron chi connectivity index (χ4n) is 5.32. The van der Waals surface area contributed by atoms with Crippen molar-refractivity contribution >= 4 is 21.7 Å². The molecule has 0 amide bonds. The normalized spacial score (nSPS) is 20.0. The number of β-amino-alcohol motifs (C(OH)–C–C–N with tert-alkyl or cyclic N) is 1. The molecule has 3 atom stereocenters. The van der Waals surface area contributed by atoms with Crippen molar-refractivity contribution in [3.05, 3.63) is 71.9 Å². The van der Waals surface area contributed by atoms with Crippen molar-refractivity contribution < 1.29 is 14.6 Å². The second kappa shape index (κ2) is 9.69. The number of likely N-dealkylation sites (tertiary alicyclic amines) is 1. The van der Waals surface area contributed by atoms with E-state index in [1.165, 1.54) is 16.3 Å². The summed E-state index contributed by atoms with van der Waals surface area (Å²) in [6, 6.07) is 21.6. The van der Waals surface area contributed by atoms with E-state index in [9.17, 15) is 5.11 Å². The summed E-state index contributed by atoms with van der Waals surface area (Å²) < 4.78 is 11.4. The first-order chi connectivity index (χ1) is 16.5. The van der Waals surface area contributed by atoms with Crippen LogP contribution in [-0.2, 0) is 0 Å². The van der Waals surface area contributed by atoms with Crippen molar-refractivity contribution in [2.75, 3.05) is 26.8 Å². The minimum Gasteiger partial charge on any atom is -0.497 e. The van der Waals surface area contributed by atoms with Crippen LogP contribution in [0.1, 0.15) is 36.9 Å². The molecular formula is C29H34N2O3. The van der Waals surface area contributed by atoms with E-state index in [2.05, 4.69) is 53.2 Å². The number of aromatic amines is 1. The average Bonchev–Trinajstić information content (AvgIpc) is 3.24. The van der Waals surface area contributed by atoms with Crippen LogP contribution in [0.3, 0.4) is 0 Å². The van der Waals surface area contributed by atoms with E-state index < -0.39 is 6.10 Å². The third-order valence-corrected chi connectivity index (χ3v) is 7.19. The first kappa shape index (κ1) is 22.8. The van der Waals surface area contributed by atoms with E-state index in [1.807, 2.05) is 31.2 Å². The standard InChI is InChI=1S/C29H34N2O3/c1-19-13-27-28(30-19)5-4-6-29(27)34-18-25(32)17-31-12-11-24(14-20(31)2)21-7-8-23-16-26(33-3)10-9-22(23)15-21/h4-10,13,15-16,20,24-25,30,32H,11-12,14,17-18H2,1-3H3/t20-,24-,25?/m0/s1. The van der Waals surface area contributed by atoms with Gasteiger partial charge in [0.1, 0.15) is 24.2 Å². The number of benzene rings is 3. The zero-order chi connectivity index (χ0) is 23.7. The SMILES string of the molecule is COc1ccc2cc([C@H]3CCN(CC(O)COc4cccc5[nH]c(C)cc45)[C@@H](C)C3)ccc2c1. The van der Waals surface area contributed by atoms with Gasteiger partial charge in [0.15, 0.2) is 0 Å². The molecule has 1 aliphatic heterocycles. The van der Waals surface area contributed by atoms with Gasteiger partial charge in [-0.25, -0.2) is 0 Å². The quantitative estimate of drug-likeness (QED) is 0.376. The number of nitrogens with one attached hydrogen (secondary N) is 1. The lowest BCUT2D eigenvalue weighted by atomic mass is 9.85. The number of aliphatic hydroxyl groups excluding tert-OH is 1. The Hall–Kier alpha value is -3.02. The molecule has 178 valence electrons. The monoisotopic (exact) mass is 458 g/mol. The summed E-state index contributed by atoms with van der Waals surface area (Å²) in [5.74, 6) is 2.26. The Morgan fingerprint density at radius 3 is 2.74 bits per heavy atom. The van der Waals surface area contributed by atoms with Crippen molar-refractivity contribution in [3.8, 4) is 11.5 Å². The molecular weight excluding hydrogens is 424 g/mol. The van der Waals surface area contributed by atoms with Crippen LogP contribution in [0.4, 0.5) is 0 Å². The van der Waals surface area contributed by atoms with E-state index in [0.29, 0.717) is 25.1 Å². The van der Waals surface area contributed by atoms with Crippen LogP contribution in [0.15, 0.2) is 60.7 Å².